The molecule has 0 aliphatic rings. The first-order chi connectivity index (χ1) is 9.69. The summed E-state index contributed by atoms with van der Waals surface area (Å²) in [5, 5.41) is 22.0. The zero-order chi connectivity index (χ0) is 16.0. The molecule has 0 saturated heterocycles. The average molecular weight is 295 g/mol. The van der Waals surface area contributed by atoms with Gasteiger partial charge in [0.05, 0.1) is 18.2 Å². The van der Waals surface area contributed by atoms with Gasteiger partial charge in [-0.2, -0.15) is 0 Å². The summed E-state index contributed by atoms with van der Waals surface area (Å²) in [5.41, 5.74) is 0.261. The maximum atomic E-state index is 11.9. The van der Waals surface area contributed by atoms with E-state index in [0.29, 0.717) is 0 Å². The van der Waals surface area contributed by atoms with Gasteiger partial charge < -0.3 is 20.3 Å². The number of rotatable bonds is 5. The molecule has 0 unspecified atom stereocenters. The van der Waals surface area contributed by atoms with E-state index in [0.717, 1.165) is 5.56 Å². The van der Waals surface area contributed by atoms with Gasteiger partial charge in [-0.05, 0) is 33.3 Å². The van der Waals surface area contributed by atoms with Crippen LogP contribution in [-0.2, 0) is 4.74 Å². The maximum Gasteiger partial charge on any atom is 0.408 e. The van der Waals surface area contributed by atoms with E-state index in [1.165, 1.54) is 6.92 Å². The second kappa shape index (κ2) is 7.43. The maximum absolute atomic E-state index is 11.9. The minimum atomic E-state index is -0.926. The number of aliphatic hydroxyl groups excluding tert-OH is 2. The molecule has 3 atom stereocenters. The van der Waals surface area contributed by atoms with Crippen molar-refractivity contribution in [1.29, 1.82) is 0 Å². The third-order valence-electron chi connectivity index (χ3n) is 2.93. The number of carbonyl (C=O) groups excluding carboxylic acids is 1. The molecular formula is C16H25NO4. The first kappa shape index (κ1) is 17.5. The number of hydrogen-bond donors (Lipinski definition) is 3. The predicted octanol–water partition coefficient (Wildman–Crippen LogP) is 2.38. The minimum Gasteiger partial charge on any atom is -0.444 e. The summed E-state index contributed by atoms with van der Waals surface area (Å²) in [5.74, 6) is 0. The van der Waals surface area contributed by atoms with Crippen LogP contribution in [0.25, 0.3) is 0 Å². The molecule has 0 aromatic heterocycles. The molecule has 5 nitrogen and oxygen atoms in total. The van der Waals surface area contributed by atoms with E-state index >= 15 is 0 Å². The third-order valence-corrected chi connectivity index (χ3v) is 2.93. The van der Waals surface area contributed by atoms with Crippen molar-refractivity contribution >= 4 is 6.09 Å². The lowest BCUT2D eigenvalue weighted by molar-refractivity contribution is 0.0160. The van der Waals surface area contributed by atoms with Crippen LogP contribution < -0.4 is 5.32 Å². The van der Waals surface area contributed by atoms with E-state index in [-0.39, 0.29) is 6.42 Å². The molecule has 0 bridgehead atoms. The Morgan fingerprint density at radius 1 is 1.24 bits per heavy atom. The molecule has 0 heterocycles. The monoisotopic (exact) mass is 295 g/mol. The summed E-state index contributed by atoms with van der Waals surface area (Å²) in [6.45, 7) is 6.87. The van der Waals surface area contributed by atoms with Crippen LogP contribution in [-0.4, -0.2) is 34.1 Å². The second-order valence-corrected chi connectivity index (χ2v) is 6.15. The highest BCUT2D eigenvalue weighted by molar-refractivity contribution is 5.68. The molecule has 1 amide bonds. The van der Waals surface area contributed by atoms with E-state index < -0.39 is 29.9 Å². The van der Waals surface area contributed by atoms with Crippen molar-refractivity contribution in [3.63, 3.8) is 0 Å². The highest BCUT2D eigenvalue weighted by Crippen LogP contribution is 2.20. The molecule has 5 heteroatoms. The summed E-state index contributed by atoms with van der Waals surface area (Å²) in [6.07, 6.45) is -2.13. The van der Waals surface area contributed by atoms with Crippen molar-refractivity contribution in [2.75, 3.05) is 0 Å². The molecule has 21 heavy (non-hydrogen) atoms. The lowest BCUT2D eigenvalue weighted by atomic mass is 9.98. The Morgan fingerprint density at radius 2 is 1.81 bits per heavy atom. The van der Waals surface area contributed by atoms with Gasteiger partial charge in [0.1, 0.15) is 5.60 Å². The van der Waals surface area contributed by atoms with Gasteiger partial charge in [-0.25, -0.2) is 4.79 Å². The topological polar surface area (TPSA) is 78.8 Å². The van der Waals surface area contributed by atoms with Gasteiger partial charge in [0.15, 0.2) is 0 Å². The molecule has 0 fully saturated rings. The molecule has 1 aromatic carbocycles. The largest absolute Gasteiger partial charge is 0.444 e. The Labute approximate surface area is 125 Å². The van der Waals surface area contributed by atoms with Gasteiger partial charge in [-0.3, -0.25) is 0 Å². The summed E-state index contributed by atoms with van der Waals surface area (Å²) in [7, 11) is 0. The Bertz CT molecular complexity index is 439. The number of hydrogen-bond acceptors (Lipinski definition) is 4. The first-order valence-corrected chi connectivity index (χ1v) is 7.09. The Hall–Kier alpha value is -1.59. The zero-order valence-corrected chi connectivity index (χ0v) is 13.0. The lowest BCUT2D eigenvalue weighted by Gasteiger charge is -2.26. The number of ether oxygens (including phenoxy) is 1. The highest BCUT2D eigenvalue weighted by Gasteiger charge is 2.24. The zero-order valence-electron chi connectivity index (χ0n) is 13.0. The van der Waals surface area contributed by atoms with Crippen molar-refractivity contribution in [2.45, 2.75) is 58.0 Å². The van der Waals surface area contributed by atoms with E-state index in [1.54, 1.807) is 20.8 Å². The average Bonchev–Trinajstić information content (AvgIpc) is 2.36. The predicted molar refractivity (Wildman–Crippen MR) is 80.9 cm³/mol. The Morgan fingerprint density at radius 3 is 2.29 bits per heavy atom. The number of alkyl carbamates (subject to hydrolysis) is 1. The fraction of sp³-hybridized carbons (Fsp3) is 0.562. The van der Waals surface area contributed by atoms with E-state index in [2.05, 4.69) is 5.32 Å². The first-order valence-electron chi connectivity index (χ1n) is 7.09. The number of amides is 1. The molecular weight excluding hydrogens is 270 g/mol. The van der Waals surface area contributed by atoms with Crippen molar-refractivity contribution in [2.24, 2.45) is 0 Å². The van der Waals surface area contributed by atoms with E-state index in [4.69, 9.17) is 4.74 Å². The lowest BCUT2D eigenvalue weighted by Crippen LogP contribution is -2.37. The number of carbonyl (C=O) groups is 1. The Kier molecular flexibility index (Phi) is 6.18. The van der Waals surface area contributed by atoms with E-state index in [9.17, 15) is 15.0 Å². The van der Waals surface area contributed by atoms with Crippen LogP contribution in [0.4, 0.5) is 4.79 Å². The molecule has 1 rings (SSSR count). The van der Waals surface area contributed by atoms with Gasteiger partial charge in [0, 0.05) is 6.42 Å². The molecule has 0 aliphatic carbocycles. The van der Waals surface area contributed by atoms with Gasteiger partial charge in [-0.15, -0.1) is 0 Å². The van der Waals surface area contributed by atoms with Gasteiger partial charge >= 0.3 is 6.09 Å². The highest BCUT2D eigenvalue weighted by atomic mass is 16.6. The van der Waals surface area contributed by atoms with E-state index in [1.807, 2.05) is 30.3 Å². The van der Waals surface area contributed by atoms with Crippen molar-refractivity contribution in [3.05, 3.63) is 35.9 Å². The summed E-state index contributed by atoms with van der Waals surface area (Å²) >= 11 is 0. The molecule has 118 valence electrons. The summed E-state index contributed by atoms with van der Waals surface area (Å²) in [4.78, 5) is 11.9. The van der Waals surface area contributed by atoms with Crippen LogP contribution in [0.5, 0.6) is 0 Å². The summed E-state index contributed by atoms with van der Waals surface area (Å²) < 4.78 is 5.24. The van der Waals surface area contributed by atoms with Crippen molar-refractivity contribution in [3.8, 4) is 0 Å². The second-order valence-electron chi connectivity index (χ2n) is 6.15. The Balaban J connectivity index is 2.80. The van der Waals surface area contributed by atoms with Gasteiger partial charge in [0.25, 0.3) is 0 Å². The fourth-order valence-electron chi connectivity index (χ4n) is 1.85. The molecule has 0 aliphatic heterocycles. The standard InChI is InChI=1S/C16H25NO4/c1-11(18)14(19)10-13(12-8-6-5-7-9-12)17-15(20)21-16(2,3)4/h5-9,11,13-14,18-19H,10H2,1-4H3,(H,17,20)/t11-,13-,14-/m1/s1. The van der Waals surface area contributed by atoms with Gasteiger partial charge in [0.2, 0.25) is 0 Å². The molecule has 1 aromatic rings. The minimum absolute atomic E-state index is 0.209. The quantitative estimate of drug-likeness (QED) is 0.779. The van der Waals surface area contributed by atoms with Crippen LogP contribution >= 0.6 is 0 Å². The van der Waals surface area contributed by atoms with Crippen molar-refractivity contribution in [1.82, 2.24) is 5.32 Å². The number of aliphatic hydroxyl groups is 2. The van der Waals surface area contributed by atoms with Gasteiger partial charge in [-0.1, -0.05) is 30.3 Å². The van der Waals surface area contributed by atoms with Crippen LogP contribution in [0.3, 0.4) is 0 Å². The molecule has 0 radical (unpaired) electrons. The van der Waals surface area contributed by atoms with Crippen LogP contribution in [0.15, 0.2) is 30.3 Å². The SMILES string of the molecule is C[C@@H](O)[C@H](O)C[C@@H](NC(=O)OC(C)(C)C)c1ccccc1. The smallest absolute Gasteiger partial charge is 0.408 e. The number of benzene rings is 1. The molecule has 0 saturated carbocycles. The van der Waals surface area contributed by atoms with Crippen molar-refractivity contribution < 1.29 is 19.7 Å². The van der Waals surface area contributed by atoms with Crippen LogP contribution in [0, 0.1) is 0 Å². The third kappa shape index (κ3) is 6.60. The summed E-state index contributed by atoms with van der Waals surface area (Å²) in [6, 6.07) is 8.87. The molecule has 0 spiro atoms. The normalized spacial score (nSPS) is 15.9. The molecule has 3 N–H and O–H groups in total. The van der Waals surface area contributed by atoms with Crippen LogP contribution in [0.1, 0.15) is 45.7 Å². The number of nitrogens with one attached hydrogen (secondary N) is 1. The van der Waals surface area contributed by atoms with Crippen LogP contribution in [0.2, 0.25) is 0 Å². The fourth-order valence-corrected chi connectivity index (χ4v) is 1.85.